The van der Waals surface area contributed by atoms with Gasteiger partial charge in [-0.05, 0) is 51.7 Å². The van der Waals surface area contributed by atoms with Crippen molar-refractivity contribution in [2.24, 2.45) is 5.92 Å². The van der Waals surface area contributed by atoms with Crippen LogP contribution in [0.1, 0.15) is 70.4 Å². The Morgan fingerprint density at radius 1 is 1.09 bits per heavy atom. The number of nitrogens with one attached hydrogen (secondary N) is 3. The van der Waals surface area contributed by atoms with Gasteiger partial charge in [-0.15, -0.1) is 6.58 Å². The van der Waals surface area contributed by atoms with Crippen LogP contribution in [0.25, 0.3) is 0 Å². The van der Waals surface area contributed by atoms with E-state index in [2.05, 4.69) is 21.9 Å². The summed E-state index contributed by atoms with van der Waals surface area (Å²) in [5, 5.41) is 4.33. The molecule has 0 radical (unpaired) electrons. The van der Waals surface area contributed by atoms with E-state index in [1.165, 1.54) is 28.0 Å². The second kappa shape index (κ2) is 14.6. The summed E-state index contributed by atoms with van der Waals surface area (Å²) in [6.07, 6.45) is -2.05. The van der Waals surface area contributed by atoms with Crippen molar-refractivity contribution in [3.05, 3.63) is 47.8 Å². The Morgan fingerprint density at radius 3 is 2.44 bits per heavy atom. The van der Waals surface area contributed by atoms with Crippen LogP contribution in [0.5, 0.6) is 0 Å². The molecule has 6 aliphatic rings. The number of hydrogen-bond acceptors (Lipinski definition) is 12. The summed E-state index contributed by atoms with van der Waals surface area (Å²) in [5.74, 6) is -5.21. The molecule has 0 aromatic heterocycles. The van der Waals surface area contributed by atoms with Gasteiger partial charge >= 0.3 is 18.2 Å². The number of hydrogen-bond donors (Lipinski definition) is 3. The summed E-state index contributed by atoms with van der Waals surface area (Å²) in [5.41, 5.74) is -1.82. The minimum atomic E-state index is -4.01. The smallest absolute Gasteiger partial charge is 0.410 e. The minimum Gasteiger partial charge on any atom is -0.459 e. The first kappa shape index (κ1) is 39.9. The van der Waals surface area contributed by atoms with Crippen LogP contribution in [0.4, 0.5) is 14.0 Å². The molecule has 57 heavy (non-hydrogen) atoms. The first-order chi connectivity index (χ1) is 26.8. The van der Waals surface area contributed by atoms with E-state index in [1.54, 1.807) is 26.8 Å². The molecule has 4 aliphatic heterocycles. The fourth-order valence-electron chi connectivity index (χ4n) is 7.89. The fraction of sp³-hybridized carbons (Fsp3) is 0.595. The van der Waals surface area contributed by atoms with Gasteiger partial charge in [0, 0.05) is 30.9 Å². The lowest BCUT2D eigenvalue weighted by atomic mass is 10.1. The number of sulfonamides is 1. The van der Waals surface area contributed by atoms with Gasteiger partial charge in [-0.3, -0.25) is 28.8 Å². The summed E-state index contributed by atoms with van der Waals surface area (Å²) in [6.45, 7) is 8.11. The van der Waals surface area contributed by atoms with Crippen molar-refractivity contribution in [3.63, 3.8) is 0 Å². The Morgan fingerprint density at radius 2 is 1.82 bits per heavy atom. The molecular weight excluding hydrogens is 772 g/mol. The lowest BCUT2D eigenvalue weighted by Gasteiger charge is -2.32. The Labute approximate surface area is 327 Å². The quantitative estimate of drug-likeness (QED) is 0.160. The van der Waals surface area contributed by atoms with E-state index in [0.717, 1.165) is 4.90 Å². The van der Waals surface area contributed by atoms with Crippen molar-refractivity contribution in [2.45, 2.75) is 119 Å². The number of alkyl carbamates (subject to hydrolysis) is 1. The molecule has 6 amide bonds. The predicted octanol–water partition coefficient (Wildman–Crippen LogP) is 0.726. The van der Waals surface area contributed by atoms with Gasteiger partial charge in [-0.1, -0.05) is 18.2 Å². The van der Waals surface area contributed by atoms with Crippen LogP contribution >= 0.6 is 0 Å². The maximum absolute atomic E-state index is 14.6. The van der Waals surface area contributed by atoms with Crippen LogP contribution in [0.15, 0.2) is 30.9 Å². The van der Waals surface area contributed by atoms with Crippen molar-refractivity contribution < 1.29 is 60.6 Å². The van der Waals surface area contributed by atoms with Crippen molar-refractivity contribution in [1.29, 1.82) is 0 Å². The third kappa shape index (κ3) is 8.13. The highest BCUT2D eigenvalue weighted by molar-refractivity contribution is 7.91. The maximum Gasteiger partial charge on any atom is 0.410 e. The van der Waals surface area contributed by atoms with Crippen LogP contribution in [0.2, 0.25) is 0 Å². The highest BCUT2D eigenvalue weighted by Crippen LogP contribution is 2.45. The Hall–Kier alpha value is -5.27. The van der Waals surface area contributed by atoms with Gasteiger partial charge in [0.1, 0.15) is 47.3 Å². The van der Waals surface area contributed by atoms with Gasteiger partial charge < -0.3 is 34.6 Å². The van der Waals surface area contributed by atoms with E-state index in [4.69, 9.17) is 14.2 Å². The molecule has 5 fully saturated rings. The molecule has 308 valence electrons. The molecule has 7 rings (SSSR count). The van der Waals surface area contributed by atoms with E-state index in [9.17, 15) is 46.4 Å². The zero-order valence-electron chi connectivity index (χ0n) is 31.7. The average Bonchev–Trinajstić information content (AvgIpc) is 3.88. The monoisotopic (exact) mass is 816 g/mol. The molecule has 0 spiro atoms. The van der Waals surface area contributed by atoms with Crippen molar-refractivity contribution in [3.8, 4) is 0 Å². The van der Waals surface area contributed by atoms with E-state index < -0.39 is 123 Å². The van der Waals surface area contributed by atoms with Crippen molar-refractivity contribution in [2.75, 3.05) is 13.1 Å². The van der Waals surface area contributed by atoms with Gasteiger partial charge in [0.05, 0.1) is 31.3 Å². The SMILES string of the molecule is C=CC1C[C@]1(NC(=O)[C@@H]1C[C@@H](OC(=O)N2Cc3cccc(F)c3C2)CN1C(=O)[C@H](CC(=O)N1C[C@H]2C[C@@H]1C(=O)O2)NC(=O)OC(C)(C)C)C(=O)NS(=O)(=O)C1CC1. The number of morpholine rings is 1. The number of nitrogens with zero attached hydrogens (tertiary/aromatic N) is 3. The summed E-state index contributed by atoms with van der Waals surface area (Å²) < 4.78 is 58.3. The van der Waals surface area contributed by atoms with Gasteiger partial charge in [0.2, 0.25) is 27.7 Å². The maximum atomic E-state index is 14.6. The Bertz CT molecular complexity index is 2040. The zero-order chi connectivity index (χ0) is 41.2. The number of halogens is 1. The molecule has 1 aromatic carbocycles. The summed E-state index contributed by atoms with van der Waals surface area (Å²) in [6, 6.07) is 0.495. The molecule has 3 N–H and O–H groups in total. The van der Waals surface area contributed by atoms with Crippen LogP contribution in [-0.2, 0) is 61.3 Å². The molecule has 1 aromatic rings. The molecular formula is C37H45FN6O12S. The number of fused-ring (bicyclic) bond motifs is 3. The van der Waals surface area contributed by atoms with Crippen LogP contribution < -0.4 is 15.4 Å². The molecule has 2 aliphatic carbocycles. The number of esters is 1. The number of carbonyl (C=O) groups is 7. The number of benzene rings is 1. The van der Waals surface area contributed by atoms with Crippen LogP contribution in [0, 0.1) is 11.7 Å². The predicted molar refractivity (Wildman–Crippen MR) is 193 cm³/mol. The van der Waals surface area contributed by atoms with Crippen LogP contribution in [-0.4, -0.2) is 125 Å². The Balaban J connectivity index is 1.14. The van der Waals surface area contributed by atoms with Gasteiger partial charge in [-0.25, -0.2) is 27.2 Å². The zero-order valence-corrected chi connectivity index (χ0v) is 32.5. The first-order valence-corrected chi connectivity index (χ1v) is 20.4. The standard InChI is InChI=1S/C37H45FN6O12S/c1-5-20-14-37(20,33(49)41-57(52,53)23-9-10-23)40-30(46)27-11-22(55-35(51)42-15-19-7-6-8-25(38)24(19)18-42)17-44(27)31(47)26(39-34(50)56-36(2,3)4)13-29(45)43-16-21-12-28(43)32(48)54-21/h5-8,20-23,26-28H,1,9-18H2,2-4H3,(H,39,50)(H,40,46)(H,41,49)/t20?,21-,22-,26+,27+,28-,37-/m1/s1. The van der Waals surface area contributed by atoms with E-state index in [-0.39, 0.29) is 38.9 Å². The normalized spacial score (nSPS) is 27.9. The van der Waals surface area contributed by atoms with E-state index in [1.807, 2.05) is 0 Å². The van der Waals surface area contributed by atoms with Gasteiger partial charge in [0.25, 0.3) is 5.91 Å². The molecule has 1 unspecified atom stereocenters. The molecule has 2 saturated carbocycles. The fourth-order valence-corrected chi connectivity index (χ4v) is 9.25. The lowest BCUT2D eigenvalue weighted by Crippen LogP contribution is -2.59. The summed E-state index contributed by atoms with van der Waals surface area (Å²) in [7, 11) is -4.01. The minimum absolute atomic E-state index is 0.0111. The second-order valence-electron chi connectivity index (χ2n) is 16.4. The Kier molecular flexibility index (Phi) is 10.2. The third-order valence-corrected chi connectivity index (χ3v) is 12.9. The number of amides is 6. The largest absolute Gasteiger partial charge is 0.459 e. The van der Waals surface area contributed by atoms with Gasteiger partial charge in [0.15, 0.2) is 0 Å². The molecule has 4 heterocycles. The van der Waals surface area contributed by atoms with E-state index >= 15 is 0 Å². The topological polar surface area (TPSA) is 227 Å². The summed E-state index contributed by atoms with van der Waals surface area (Å²) in [4.78, 5) is 98.3. The lowest BCUT2D eigenvalue weighted by molar-refractivity contribution is -0.157. The number of likely N-dealkylation sites (tertiary alicyclic amines) is 2. The average molecular weight is 817 g/mol. The van der Waals surface area contributed by atoms with Crippen molar-refractivity contribution >= 4 is 51.8 Å². The summed E-state index contributed by atoms with van der Waals surface area (Å²) >= 11 is 0. The van der Waals surface area contributed by atoms with Crippen molar-refractivity contribution in [1.82, 2.24) is 30.1 Å². The van der Waals surface area contributed by atoms with E-state index in [0.29, 0.717) is 24.0 Å². The van der Waals surface area contributed by atoms with Crippen LogP contribution in [0.3, 0.4) is 0 Å². The first-order valence-electron chi connectivity index (χ1n) is 18.8. The number of rotatable bonds is 11. The number of ether oxygens (including phenoxy) is 3. The molecule has 3 saturated heterocycles. The second-order valence-corrected chi connectivity index (χ2v) is 18.4. The molecule has 2 bridgehead atoms. The highest BCUT2D eigenvalue weighted by Gasteiger charge is 2.62. The molecule has 7 atom stereocenters. The molecule has 20 heteroatoms. The highest BCUT2D eigenvalue weighted by atomic mass is 32.2. The van der Waals surface area contributed by atoms with Gasteiger partial charge in [-0.2, -0.15) is 0 Å². The molecule has 18 nitrogen and oxygen atoms in total. The number of carbonyl (C=O) groups excluding carboxylic acids is 7. The third-order valence-electron chi connectivity index (χ3n) is 11.1.